The van der Waals surface area contributed by atoms with Crippen molar-refractivity contribution in [1.29, 1.82) is 0 Å². The second kappa shape index (κ2) is 8.88. The van der Waals surface area contributed by atoms with Crippen molar-refractivity contribution in [3.05, 3.63) is 63.1 Å². The number of halogens is 1. The number of amides is 1. The van der Waals surface area contributed by atoms with Crippen molar-refractivity contribution in [2.24, 2.45) is 0 Å². The first kappa shape index (κ1) is 17.7. The molecule has 0 aliphatic rings. The maximum atomic E-state index is 11.6. The zero-order chi connectivity index (χ0) is 17.4. The molecule has 126 valence electrons. The molecule has 0 spiro atoms. The van der Waals surface area contributed by atoms with Gasteiger partial charge in [-0.2, -0.15) is 0 Å². The summed E-state index contributed by atoms with van der Waals surface area (Å²) >= 11 is 3.35. The summed E-state index contributed by atoms with van der Waals surface area (Å²) in [6, 6.07) is 12.9. The van der Waals surface area contributed by atoms with Crippen LogP contribution in [0.2, 0.25) is 0 Å². The molecule has 2 aromatic carbocycles. The van der Waals surface area contributed by atoms with E-state index in [1.807, 2.05) is 24.3 Å². The van der Waals surface area contributed by atoms with E-state index >= 15 is 0 Å². The quantitative estimate of drug-likeness (QED) is 0.422. The zero-order valence-corrected chi connectivity index (χ0v) is 14.2. The van der Waals surface area contributed by atoms with E-state index in [-0.39, 0.29) is 18.2 Å². The lowest BCUT2D eigenvalue weighted by Crippen LogP contribution is -2.32. The van der Waals surface area contributed by atoms with Crippen LogP contribution in [0, 0.1) is 10.1 Å². The fraction of sp³-hybridized carbons (Fsp3) is 0.188. The number of rotatable bonds is 8. The predicted molar refractivity (Wildman–Crippen MR) is 91.2 cm³/mol. The summed E-state index contributed by atoms with van der Waals surface area (Å²) in [5, 5.41) is 13.2. The van der Waals surface area contributed by atoms with Crippen LogP contribution in [0.5, 0.6) is 11.5 Å². The molecule has 2 rings (SSSR count). The van der Waals surface area contributed by atoms with Crippen molar-refractivity contribution in [2.45, 2.75) is 0 Å². The topological polar surface area (TPSA) is 90.7 Å². The van der Waals surface area contributed by atoms with E-state index < -0.39 is 4.92 Å². The minimum absolute atomic E-state index is 0.0310. The van der Waals surface area contributed by atoms with Gasteiger partial charge in [0.1, 0.15) is 18.1 Å². The normalized spacial score (nSPS) is 10.0. The van der Waals surface area contributed by atoms with Gasteiger partial charge in [-0.15, -0.1) is 0 Å². The van der Waals surface area contributed by atoms with E-state index in [0.29, 0.717) is 24.7 Å². The molecule has 0 aliphatic carbocycles. The standard InChI is InChI=1S/C16H15BrN2O5/c17-12-2-1-3-15(10-12)23-9-8-18-16(20)11-24-14-6-4-13(5-7-14)19(21)22/h1-7,10H,8-9,11H2,(H,18,20). The van der Waals surface area contributed by atoms with Gasteiger partial charge in [-0.1, -0.05) is 22.0 Å². The van der Waals surface area contributed by atoms with Crippen molar-refractivity contribution < 1.29 is 19.2 Å². The lowest BCUT2D eigenvalue weighted by atomic mass is 10.3. The van der Waals surface area contributed by atoms with Gasteiger partial charge < -0.3 is 14.8 Å². The Morgan fingerprint density at radius 2 is 1.88 bits per heavy atom. The number of non-ortho nitro benzene ring substituents is 1. The van der Waals surface area contributed by atoms with Crippen LogP contribution in [0.3, 0.4) is 0 Å². The Bertz CT molecular complexity index is 706. The highest BCUT2D eigenvalue weighted by Gasteiger charge is 2.06. The lowest BCUT2D eigenvalue weighted by molar-refractivity contribution is -0.384. The second-order valence-electron chi connectivity index (χ2n) is 4.70. The molecule has 8 heteroatoms. The molecule has 0 unspecified atom stereocenters. The molecule has 0 saturated carbocycles. The van der Waals surface area contributed by atoms with Gasteiger partial charge in [-0.05, 0) is 30.3 Å². The Morgan fingerprint density at radius 3 is 2.54 bits per heavy atom. The second-order valence-corrected chi connectivity index (χ2v) is 5.61. The molecule has 2 aromatic rings. The van der Waals surface area contributed by atoms with Crippen LogP contribution in [-0.2, 0) is 4.79 Å². The summed E-state index contributed by atoms with van der Waals surface area (Å²) in [7, 11) is 0. The van der Waals surface area contributed by atoms with Crippen LogP contribution in [0.25, 0.3) is 0 Å². The molecule has 0 heterocycles. The summed E-state index contributed by atoms with van der Waals surface area (Å²) in [5.41, 5.74) is -0.0310. The fourth-order valence-electron chi connectivity index (χ4n) is 1.78. The predicted octanol–water partition coefficient (Wildman–Crippen LogP) is 2.93. The maximum absolute atomic E-state index is 11.6. The molecule has 7 nitrogen and oxygen atoms in total. The highest BCUT2D eigenvalue weighted by atomic mass is 79.9. The highest BCUT2D eigenvalue weighted by molar-refractivity contribution is 9.10. The Labute approximate surface area is 146 Å². The van der Waals surface area contributed by atoms with Crippen molar-refractivity contribution >= 4 is 27.5 Å². The number of nitrogens with zero attached hydrogens (tertiary/aromatic N) is 1. The molecule has 0 fully saturated rings. The average molecular weight is 395 g/mol. The highest BCUT2D eigenvalue weighted by Crippen LogP contribution is 2.18. The Hall–Kier alpha value is -2.61. The number of hydrogen-bond donors (Lipinski definition) is 1. The van der Waals surface area contributed by atoms with Gasteiger partial charge in [0.2, 0.25) is 0 Å². The van der Waals surface area contributed by atoms with Gasteiger partial charge >= 0.3 is 0 Å². The average Bonchev–Trinajstić information content (AvgIpc) is 2.57. The third-order valence-corrected chi connectivity index (χ3v) is 3.40. The first-order chi connectivity index (χ1) is 11.5. The largest absolute Gasteiger partial charge is 0.492 e. The molecule has 1 amide bonds. The summed E-state index contributed by atoms with van der Waals surface area (Å²) in [6.07, 6.45) is 0. The molecular weight excluding hydrogens is 380 g/mol. The molecule has 0 atom stereocenters. The molecule has 0 radical (unpaired) electrons. The third-order valence-electron chi connectivity index (χ3n) is 2.91. The van der Waals surface area contributed by atoms with Crippen LogP contribution < -0.4 is 14.8 Å². The number of nitrogens with one attached hydrogen (secondary N) is 1. The summed E-state index contributed by atoms with van der Waals surface area (Å²) in [4.78, 5) is 21.7. The van der Waals surface area contributed by atoms with Crippen molar-refractivity contribution in [3.8, 4) is 11.5 Å². The molecule has 0 aromatic heterocycles. The number of carbonyl (C=O) groups excluding carboxylic acids is 1. The van der Waals surface area contributed by atoms with Gasteiger partial charge in [0.05, 0.1) is 11.5 Å². The molecule has 1 N–H and O–H groups in total. The molecule has 0 saturated heterocycles. The van der Waals surface area contributed by atoms with E-state index in [1.54, 1.807) is 0 Å². The van der Waals surface area contributed by atoms with Crippen molar-refractivity contribution in [1.82, 2.24) is 5.32 Å². The van der Waals surface area contributed by atoms with E-state index in [9.17, 15) is 14.9 Å². The van der Waals surface area contributed by atoms with Gasteiger partial charge in [-0.3, -0.25) is 14.9 Å². The summed E-state index contributed by atoms with van der Waals surface area (Å²) in [5.74, 6) is 0.799. The minimum atomic E-state index is -0.498. The number of benzene rings is 2. The minimum Gasteiger partial charge on any atom is -0.492 e. The van der Waals surface area contributed by atoms with Crippen LogP contribution in [-0.4, -0.2) is 30.6 Å². The lowest BCUT2D eigenvalue weighted by Gasteiger charge is -2.09. The summed E-state index contributed by atoms with van der Waals surface area (Å²) < 4.78 is 11.7. The molecule has 0 bridgehead atoms. The Kier molecular flexibility index (Phi) is 6.56. The van der Waals surface area contributed by atoms with Crippen LogP contribution in [0.4, 0.5) is 5.69 Å². The number of nitro groups is 1. The Morgan fingerprint density at radius 1 is 1.12 bits per heavy atom. The van der Waals surface area contributed by atoms with Gasteiger partial charge in [0, 0.05) is 16.6 Å². The fourth-order valence-corrected chi connectivity index (χ4v) is 2.16. The van der Waals surface area contributed by atoms with E-state index in [2.05, 4.69) is 21.2 Å². The first-order valence-corrected chi connectivity index (χ1v) is 7.86. The first-order valence-electron chi connectivity index (χ1n) is 7.07. The smallest absolute Gasteiger partial charge is 0.269 e. The van der Waals surface area contributed by atoms with Crippen LogP contribution >= 0.6 is 15.9 Å². The van der Waals surface area contributed by atoms with Crippen molar-refractivity contribution in [2.75, 3.05) is 19.8 Å². The summed E-state index contributed by atoms with van der Waals surface area (Å²) in [6.45, 7) is 0.503. The number of hydrogen-bond acceptors (Lipinski definition) is 5. The van der Waals surface area contributed by atoms with E-state index in [0.717, 1.165) is 4.47 Å². The molecule has 24 heavy (non-hydrogen) atoms. The van der Waals surface area contributed by atoms with Crippen LogP contribution in [0.15, 0.2) is 53.0 Å². The van der Waals surface area contributed by atoms with Crippen molar-refractivity contribution in [3.63, 3.8) is 0 Å². The SMILES string of the molecule is O=C(COc1ccc([N+](=O)[O-])cc1)NCCOc1cccc(Br)c1. The third kappa shape index (κ3) is 5.88. The Balaban J connectivity index is 1.65. The van der Waals surface area contributed by atoms with Gasteiger partial charge in [-0.25, -0.2) is 0 Å². The van der Waals surface area contributed by atoms with Gasteiger partial charge in [0.25, 0.3) is 11.6 Å². The number of nitro benzene ring substituents is 1. The van der Waals surface area contributed by atoms with Gasteiger partial charge in [0.15, 0.2) is 6.61 Å². The number of ether oxygens (including phenoxy) is 2. The maximum Gasteiger partial charge on any atom is 0.269 e. The number of carbonyl (C=O) groups is 1. The molecule has 0 aliphatic heterocycles. The zero-order valence-electron chi connectivity index (χ0n) is 12.6. The van der Waals surface area contributed by atoms with E-state index in [1.165, 1.54) is 24.3 Å². The van der Waals surface area contributed by atoms with Crippen LogP contribution in [0.1, 0.15) is 0 Å². The monoisotopic (exact) mass is 394 g/mol. The molecular formula is C16H15BrN2O5. The van der Waals surface area contributed by atoms with E-state index in [4.69, 9.17) is 9.47 Å².